The quantitative estimate of drug-likeness (QED) is 0.627. The molecule has 0 amide bonds. The van der Waals surface area contributed by atoms with Crippen LogP contribution in [0.1, 0.15) is 18.4 Å². The number of hydrogen-bond donors (Lipinski definition) is 3. The van der Waals surface area contributed by atoms with Crippen molar-refractivity contribution in [2.75, 3.05) is 31.6 Å². The summed E-state index contributed by atoms with van der Waals surface area (Å²) in [6, 6.07) is 14.4. The molecule has 1 aliphatic heterocycles. The molecular formula is C21H26N4O2. The number of imidazole rings is 1. The van der Waals surface area contributed by atoms with E-state index in [1.54, 1.807) is 7.11 Å². The summed E-state index contributed by atoms with van der Waals surface area (Å²) in [5.74, 6) is 1.54. The Kier molecular flexibility index (Phi) is 5.16. The lowest BCUT2D eigenvalue weighted by Gasteiger charge is -2.32. The summed E-state index contributed by atoms with van der Waals surface area (Å²) in [4.78, 5) is 19.7. The topological polar surface area (TPSA) is 73.2 Å². The first kappa shape index (κ1) is 17.7. The molecule has 3 aromatic rings. The molecule has 1 fully saturated rings. The van der Waals surface area contributed by atoms with E-state index >= 15 is 0 Å². The highest BCUT2D eigenvalue weighted by Crippen LogP contribution is 2.25. The van der Waals surface area contributed by atoms with Crippen LogP contribution in [0.25, 0.3) is 11.0 Å². The molecule has 0 bridgehead atoms. The van der Waals surface area contributed by atoms with Crippen LogP contribution in [0.4, 0.5) is 5.69 Å². The summed E-state index contributed by atoms with van der Waals surface area (Å²) in [6.07, 6.45) is 2.39. The Labute approximate surface area is 158 Å². The number of fused-ring (bicyclic) bond motifs is 1. The van der Waals surface area contributed by atoms with Crippen LogP contribution in [-0.4, -0.2) is 36.7 Å². The number of hydrogen-bond acceptors (Lipinski definition) is 4. The SMILES string of the molecule is COc1ccc(CN(CC2CCNCC2)c2ccc3[nH]c(=O)[nH]c3c2)cc1. The summed E-state index contributed by atoms with van der Waals surface area (Å²) in [6.45, 7) is 4.01. The van der Waals surface area contributed by atoms with Crippen LogP contribution in [-0.2, 0) is 6.54 Å². The molecular weight excluding hydrogens is 340 g/mol. The number of aromatic nitrogens is 2. The van der Waals surface area contributed by atoms with E-state index in [1.165, 1.54) is 18.4 Å². The second-order valence-electron chi connectivity index (χ2n) is 7.23. The van der Waals surface area contributed by atoms with Gasteiger partial charge < -0.3 is 24.9 Å². The molecule has 1 aromatic heterocycles. The van der Waals surface area contributed by atoms with Crippen molar-refractivity contribution < 1.29 is 4.74 Å². The fraction of sp³-hybridized carbons (Fsp3) is 0.381. The highest BCUT2D eigenvalue weighted by Gasteiger charge is 2.18. The molecule has 0 saturated carbocycles. The van der Waals surface area contributed by atoms with E-state index in [0.717, 1.165) is 48.6 Å². The van der Waals surface area contributed by atoms with Crippen LogP contribution in [0.15, 0.2) is 47.3 Å². The van der Waals surface area contributed by atoms with Crippen LogP contribution < -0.4 is 20.6 Å². The second-order valence-corrected chi connectivity index (χ2v) is 7.23. The molecule has 2 aromatic carbocycles. The van der Waals surface area contributed by atoms with Gasteiger partial charge in [0.25, 0.3) is 0 Å². The van der Waals surface area contributed by atoms with Crippen LogP contribution in [0.5, 0.6) is 5.75 Å². The standard InChI is InChI=1S/C21H26N4O2/c1-27-18-5-2-15(3-6-18)13-25(14-16-8-10-22-11-9-16)17-4-7-19-20(12-17)24-21(26)23-19/h2-7,12,16,22H,8-11,13-14H2,1H3,(H2,23,24,26). The highest BCUT2D eigenvalue weighted by atomic mass is 16.5. The maximum Gasteiger partial charge on any atom is 0.323 e. The van der Waals surface area contributed by atoms with E-state index in [9.17, 15) is 4.79 Å². The van der Waals surface area contributed by atoms with Gasteiger partial charge in [-0.3, -0.25) is 0 Å². The van der Waals surface area contributed by atoms with Gasteiger partial charge in [-0.15, -0.1) is 0 Å². The lowest BCUT2D eigenvalue weighted by atomic mass is 9.97. The van der Waals surface area contributed by atoms with E-state index in [4.69, 9.17) is 4.74 Å². The smallest absolute Gasteiger partial charge is 0.323 e. The molecule has 3 N–H and O–H groups in total. The van der Waals surface area contributed by atoms with Crippen molar-refractivity contribution in [3.63, 3.8) is 0 Å². The zero-order valence-corrected chi connectivity index (χ0v) is 15.6. The number of H-pyrrole nitrogens is 2. The minimum Gasteiger partial charge on any atom is -0.497 e. The van der Waals surface area contributed by atoms with E-state index in [-0.39, 0.29) is 5.69 Å². The summed E-state index contributed by atoms with van der Waals surface area (Å²) in [7, 11) is 1.69. The third-order valence-corrected chi connectivity index (χ3v) is 5.33. The lowest BCUT2D eigenvalue weighted by molar-refractivity contribution is 0.373. The van der Waals surface area contributed by atoms with Gasteiger partial charge in [0.1, 0.15) is 5.75 Å². The highest BCUT2D eigenvalue weighted by molar-refractivity contribution is 5.79. The number of rotatable bonds is 6. The van der Waals surface area contributed by atoms with Gasteiger partial charge in [-0.2, -0.15) is 0 Å². The third-order valence-electron chi connectivity index (χ3n) is 5.33. The predicted molar refractivity (Wildman–Crippen MR) is 109 cm³/mol. The number of nitrogens with zero attached hydrogens (tertiary/aromatic N) is 1. The molecule has 1 saturated heterocycles. The molecule has 4 rings (SSSR count). The molecule has 0 radical (unpaired) electrons. The van der Waals surface area contributed by atoms with Crippen molar-refractivity contribution in [3.05, 3.63) is 58.5 Å². The first-order chi connectivity index (χ1) is 13.2. The van der Waals surface area contributed by atoms with Crippen LogP contribution in [0.2, 0.25) is 0 Å². The van der Waals surface area contributed by atoms with Gasteiger partial charge in [-0.05, 0) is 67.7 Å². The number of ether oxygens (including phenoxy) is 1. The second kappa shape index (κ2) is 7.88. The van der Waals surface area contributed by atoms with Gasteiger partial charge in [-0.25, -0.2) is 4.79 Å². The largest absolute Gasteiger partial charge is 0.497 e. The summed E-state index contributed by atoms with van der Waals surface area (Å²) in [5.41, 5.74) is 3.90. The lowest BCUT2D eigenvalue weighted by Crippen LogP contribution is -2.36. The van der Waals surface area contributed by atoms with Gasteiger partial charge in [-0.1, -0.05) is 12.1 Å². The number of methoxy groups -OCH3 is 1. The molecule has 6 nitrogen and oxygen atoms in total. The molecule has 0 aliphatic carbocycles. The molecule has 0 spiro atoms. The molecule has 0 unspecified atom stereocenters. The van der Waals surface area contributed by atoms with Crippen molar-refractivity contribution >= 4 is 16.7 Å². The van der Waals surface area contributed by atoms with Crippen molar-refractivity contribution in [2.24, 2.45) is 5.92 Å². The molecule has 0 atom stereocenters. The van der Waals surface area contributed by atoms with E-state index in [2.05, 4.69) is 44.5 Å². The average Bonchev–Trinajstić information content (AvgIpc) is 3.08. The van der Waals surface area contributed by atoms with Crippen LogP contribution in [0.3, 0.4) is 0 Å². The number of piperidine rings is 1. The third kappa shape index (κ3) is 4.17. The van der Waals surface area contributed by atoms with E-state index in [1.807, 2.05) is 18.2 Å². The Balaban J connectivity index is 1.61. The molecule has 6 heteroatoms. The summed E-state index contributed by atoms with van der Waals surface area (Å²) >= 11 is 0. The number of aromatic amines is 2. The van der Waals surface area contributed by atoms with Gasteiger partial charge in [0.2, 0.25) is 0 Å². The molecule has 142 valence electrons. The minimum atomic E-state index is -0.165. The Hall–Kier alpha value is -2.73. The van der Waals surface area contributed by atoms with Crippen LogP contribution >= 0.6 is 0 Å². The fourth-order valence-electron chi connectivity index (χ4n) is 3.81. The number of anilines is 1. The van der Waals surface area contributed by atoms with Crippen molar-refractivity contribution in [1.29, 1.82) is 0 Å². The van der Waals surface area contributed by atoms with Gasteiger partial charge in [0.05, 0.1) is 18.1 Å². The zero-order valence-electron chi connectivity index (χ0n) is 15.6. The Morgan fingerprint density at radius 3 is 2.52 bits per heavy atom. The average molecular weight is 366 g/mol. The Bertz CT molecular complexity index is 939. The maximum atomic E-state index is 11.6. The molecule has 2 heterocycles. The van der Waals surface area contributed by atoms with E-state index in [0.29, 0.717) is 5.92 Å². The molecule has 27 heavy (non-hydrogen) atoms. The monoisotopic (exact) mass is 366 g/mol. The zero-order chi connectivity index (χ0) is 18.6. The fourth-order valence-corrected chi connectivity index (χ4v) is 3.81. The number of benzene rings is 2. The van der Waals surface area contributed by atoms with Crippen molar-refractivity contribution in [3.8, 4) is 5.75 Å². The minimum absolute atomic E-state index is 0.165. The first-order valence-electron chi connectivity index (χ1n) is 9.52. The van der Waals surface area contributed by atoms with Crippen molar-refractivity contribution in [2.45, 2.75) is 19.4 Å². The van der Waals surface area contributed by atoms with E-state index < -0.39 is 0 Å². The van der Waals surface area contributed by atoms with Gasteiger partial charge in [0, 0.05) is 18.8 Å². The normalized spacial score (nSPS) is 15.1. The summed E-state index contributed by atoms with van der Waals surface area (Å²) < 4.78 is 5.27. The first-order valence-corrected chi connectivity index (χ1v) is 9.52. The summed E-state index contributed by atoms with van der Waals surface area (Å²) in [5, 5.41) is 3.44. The maximum absolute atomic E-state index is 11.6. The van der Waals surface area contributed by atoms with Crippen LogP contribution in [0, 0.1) is 5.92 Å². The number of nitrogens with one attached hydrogen (secondary N) is 3. The van der Waals surface area contributed by atoms with Gasteiger partial charge in [0.15, 0.2) is 0 Å². The Morgan fingerprint density at radius 1 is 1.04 bits per heavy atom. The van der Waals surface area contributed by atoms with Crippen molar-refractivity contribution in [1.82, 2.24) is 15.3 Å². The molecule has 1 aliphatic rings. The van der Waals surface area contributed by atoms with Gasteiger partial charge >= 0.3 is 5.69 Å². The predicted octanol–water partition coefficient (Wildman–Crippen LogP) is 2.87. The Morgan fingerprint density at radius 2 is 1.78 bits per heavy atom.